The minimum absolute atomic E-state index is 0.234. The summed E-state index contributed by atoms with van der Waals surface area (Å²) in [7, 11) is 1.27. The summed E-state index contributed by atoms with van der Waals surface area (Å²) in [6.07, 6.45) is 6.51. The number of carbonyl (C=O) groups is 2. The predicted molar refractivity (Wildman–Crippen MR) is 179 cm³/mol. The van der Waals surface area contributed by atoms with E-state index in [9.17, 15) is 9.59 Å². The molecule has 49 heavy (non-hydrogen) atoms. The van der Waals surface area contributed by atoms with Crippen LogP contribution < -0.4 is 11.1 Å². The number of carbonyl (C=O) groups excluding carboxylic acids is 2. The van der Waals surface area contributed by atoms with Gasteiger partial charge in [0.25, 0.3) is 5.69 Å². The Bertz CT molecular complexity index is 1660. The zero-order chi connectivity index (χ0) is 35.3. The second-order valence-corrected chi connectivity index (χ2v) is 13.3. The molecule has 1 aromatic heterocycles. The molecule has 4 heterocycles. The Labute approximate surface area is 285 Å². The zero-order valence-electron chi connectivity index (χ0n) is 28.5. The van der Waals surface area contributed by atoms with Crippen LogP contribution in [0, 0.1) is 11.3 Å². The molecule has 0 aliphatic carbocycles. The van der Waals surface area contributed by atoms with Gasteiger partial charge in [-0.05, 0) is 58.7 Å². The Morgan fingerprint density at radius 2 is 1.94 bits per heavy atom. The first kappa shape index (κ1) is 35.6. The summed E-state index contributed by atoms with van der Waals surface area (Å²) in [5.74, 6) is -0.620. The van der Waals surface area contributed by atoms with Crippen LogP contribution in [0.5, 0.6) is 0 Å². The molecule has 1 amide bonds. The highest BCUT2D eigenvalue weighted by atomic mass is 16.8. The van der Waals surface area contributed by atoms with E-state index in [0.717, 1.165) is 5.56 Å². The van der Waals surface area contributed by atoms with E-state index in [1.807, 2.05) is 44.3 Å². The first-order valence-electron chi connectivity index (χ1n) is 16.0. The van der Waals surface area contributed by atoms with Gasteiger partial charge in [0.15, 0.2) is 17.9 Å². The van der Waals surface area contributed by atoms with Crippen LogP contribution in [0.4, 0.5) is 22.1 Å². The monoisotopic (exact) mass is 675 g/mol. The number of aliphatic imine (C=N–C) groups is 1. The summed E-state index contributed by atoms with van der Waals surface area (Å²) in [6, 6.07) is 8.43. The number of nitrogens with zero attached hydrogens (tertiary/aromatic N) is 6. The van der Waals surface area contributed by atoms with Gasteiger partial charge < -0.3 is 34.7 Å². The van der Waals surface area contributed by atoms with Crippen molar-refractivity contribution in [1.82, 2.24) is 20.2 Å². The molecule has 1 aromatic carbocycles. The number of nitrogens with two attached hydrogens (primary N) is 1. The molecule has 3 N–H and O–H groups in total. The van der Waals surface area contributed by atoms with Crippen molar-refractivity contribution in [2.75, 3.05) is 32.5 Å². The maximum absolute atomic E-state index is 12.7. The first-order chi connectivity index (χ1) is 23.2. The number of nitrogen functional groups attached to an aromatic ring is 1. The summed E-state index contributed by atoms with van der Waals surface area (Å²) < 4.78 is 31.4. The maximum atomic E-state index is 12.7. The van der Waals surface area contributed by atoms with Gasteiger partial charge in [-0.15, -0.1) is 0 Å². The van der Waals surface area contributed by atoms with Crippen LogP contribution in [-0.4, -0.2) is 113 Å². The van der Waals surface area contributed by atoms with Crippen LogP contribution in [0.15, 0.2) is 41.7 Å². The van der Waals surface area contributed by atoms with Crippen molar-refractivity contribution in [1.29, 1.82) is 5.26 Å². The molecule has 2 saturated heterocycles. The summed E-state index contributed by atoms with van der Waals surface area (Å²) in [5, 5.41) is 11.8. The third-order valence-electron chi connectivity index (χ3n) is 7.94. The third kappa shape index (κ3) is 9.04. The maximum Gasteiger partial charge on any atom is 0.408 e. The fraction of sp³-hybridized carbons (Fsp3) is 0.500. The van der Waals surface area contributed by atoms with E-state index in [1.54, 1.807) is 43.8 Å². The summed E-state index contributed by atoms with van der Waals surface area (Å²) in [4.78, 5) is 40.1. The number of nitrogens with one attached hydrogen (secondary N) is 1. The molecule has 5 atom stereocenters. The highest BCUT2D eigenvalue weighted by Gasteiger charge is 2.55. The van der Waals surface area contributed by atoms with Crippen LogP contribution >= 0.6 is 0 Å². The highest BCUT2D eigenvalue weighted by molar-refractivity contribution is 5.82. The van der Waals surface area contributed by atoms with E-state index in [-0.39, 0.29) is 12.2 Å². The summed E-state index contributed by atoms with van der Waals surface area (Å²) in [6.45, 7) is 10.2. The van der Waals surface area contributed by atoms with Crippen molar-refractivity contribution in [3.63, 3.8) is 0 Å². The number of hydrogen-bond acceptors (Lipinski definition) is 13. The van der Waals surface area contributed by atoms with E-state index >= 15 is 0 Å². The van der Waals surface area contributed by atoms with E-state index in [0.29, 0.717) is 36.7 Å². The molecule has 15 nitrogen and oxygen atoms in total. The number of anilines is 1. The van der Waals surface area contributed by atoms with Crippen LogP contribution in [0.1, 0.15) is 52.2 Å². The Hall–Kier alpha value is -4.75. The second-order valence-electron chi connectivity index (χ2n) is 13.3. The van der Waals surface area contributed by atoms with Crippen molar-refractivity contribution in [3.05, 3.63) is 47.8 Å². The summed E-state index contributed by atoms with van der Waals surface area (Å²) >= 11 is 0. The van der Waals surface area contributed by atoms with Gasteiger partial charge in [0.05, 0.1) is 25.0 Å². The number of ether oxygens (including phenoxy) is 5. The number of nitriles is 1. The van der Waals surface area contributed by atoms with Gasteiger partial charge in [0.1, 0.15) is 36.1 Å². The van der Waals surface area contributed by atoms with Crippen molar-refractivity contribution in [2.45, 2.75) is 82.9 Å². The van der Waals surface area contributed by atoms with E-state index in [1.165, 1.54) is 13.4 Å². The van der Waals surface area contributed by atoms with Crippen molar-refractivity contribution < 1.29 is 37.8 Å². The van der Waals surface area contributed by atoms with Crippen LogP contribution in [0.25, 0.3) is 6.08 Å². The lowest BCUT2D eigenvalue weighted by Crippen LogP contribution is -2.47. The molecule has 0 spiro atoms. The van der Waals surface area contributed by atoms with E-state index in [4.69, 9.17) is 34.7 Å². The fourth-order valence-corrected chi connectivity index (χ4v) is 5.79. The third-order valence-corrected chi connectivity index (χ3v) is 7.94. The fourth-order valence-electron chi connectivity index (χ4n) is 5.79. The number of benzene rings is 1. The van der Waals surface area contributed by atoms with E-state index < -0.39 is 53.9 Å². The number of methoxy groups -OCH3 is 1. The zero-order valence-corrected chi connectivity index (χ0v) is 28.5. The lowest BCUT2D eigenvalue weighted by atomic mass is 10.1. The van der Waals surface area contributed by atoms with Crippen molar-refractivity contribution in [2.24, 2.45) is 4.99 Å². The number of amides is 1. The van der Waals surface area contributed by atoms with Gasteiger partial charge in [-0.2, -0.15) is 10.2 Å². The lowest BCUT2D eigenvalue weighted by molar-refractivity contribution is -0.295. The number of aromatic nitrogens is 2. The first-order valence-corrected chi connectivity index (χ1v) is 16.0. The van der Waals surface area contributed by atoms with Gasteiger partial charge in [0, 0.05) is 19.6 Å². The quantitative estimate of drug-likeness (QED) is 0.262. The molecule has 1 unspecified atom stereocenters. The molecule has 260 valence electrons. The summed E-state index contributed by atoms with van der Waals surface area (Å²) in [5.41, 5.74) is 7.24. The van der Waals surface area contributed by atoms with Crippen LogP contribution in [0.3, 0.4) is 0 Å². The van der Waals surface area contributed by atoms with Crippen molar-refractivity contribution in [3.8, 4) is 6.07 Å². The van der Waals surface area contributed by atoms with Gasteiger partial charge in [-0.3, -0.25) is 4.90 Å². The van der Waals surface area contributed by atoms with Gasteiger partial charge in [-0.25, -0.2) is 14.2 Å². The second kappa shape index (κ2) is 14.8. The Kier molecular flexibility index (Phi) is 10.7. The smallest absolute Gasteiger partial charge is 0.408 e. The number of esters is 1. The number of hydrogen-bond donors (Lipinski definition) is 2. The van der Waals surface area contributed by atoms with Gasteiger partial charge in [0.2, 0.25) is 6.34 Å². The van der Waals surface area contributed by atoms with Crippen LogP contribution in [-0.2, 0) is 28.5 Å². The standard InChI is InChI=1S/C34H42N8O7/c1-33(2,3)49-32(44)40-23(31(43)45-6)13-15-41(14-7-8-21-9-11-22(16-35)12-10-21)17-24-27-28(48-34(4,5)47-27)25(46-24)18-42-20-39-26-29(36)37-19-38-30(26)42/h7-12,18-20,23-25,27-28H,13-15,17H2,1-6H3,(H2-,36,37,38,40,44)/p+1/b8-7+,42-18?/t23-,24+,25?,27+,28-/m0/s1. The molecule has 0 radical (unpaired) electrons. The average molecular weight is 676 g/mol. The topological polar surface area (TPSA) is 187 Å². The lowest BCUT2D eigenvalue weighted by Gasteiger charge is -2.29. The molecule has 0 saturated carbocycles. The predicted octanol–water partition coefficient (Wildman–Crippen LogP) is 3.08. The number of alkyl carbamates (subject to hydrolysis) is 1. The Morgan fingerprint density at radius 1 is 1.20 bits per heavy atom. The molecule has 2 aromatic rings. The minimum Gasteiger partial charge on any atom is -0.467 e. The van der Waals surface area contributed by atoms with E-state index in [2.05, 4.69) is 31.2 Å². The molecular formula is C34H43N8O7+. The SMILES string of the molecule is COC(=O)[C@H](CCN(C/C=C/c1ccc(C#N)cc1)C[C@H]1OC(C=[N+]2C=Nc3c(N)ncnc32)[C@@H]2OC(C)(C)O[C@H]12)NC(=O)OC(C)(C)C. The Balaban J connectivity index is 1.36. The number of rotatable bonds is 11. The molecule has 15 heteroatoms. The molecule has 2 fully saturated rings. The average Bonchev–Trinajstić information content (AvgIpc) is 3.70. The van der Waals surface area contributed by atoms with Crippen LogP contribution in [0.2, 0.25) is 0 Å². The Morgan fingerprint density at radius 3 is 2.63 bits per heavy atom. The normalized spacial score (nSPS) is 23.8. The molecular weight excluding hydrogens is 632 g/mol. The molecule has 0 bridgehead atoms. The molecule has 5 rings (SSSR count). The largest absolute Gasteiger partial charge is 0.467 e. The molecule has 3 aliphatic rings. The minimum atomic E-state index is -0.947. The van der Waals surface area contributed by atoms with Crippen molar-refractivity contribution >= 4 is 48.0 Å². The molecule has 3 aliphatic heterocycles. The van der Waals surface area contributed by atoms with Gasteiger partial charge >= 0.3 is 17.9 Å². The highest BCUT2D eigenvalue weighted by Crippen LogP contribution is 2.39. The number of fused-ring (bicyclic) bond motifs is 2. The van der Waals surface area contributed by atoms with Gasteiger partial charge in [-0.1, -0.05) is 34.3 Å².